The van der Waals surface area contributed by atoms with E-state index in [0.717, 1.165) is 31.6 Å². The molecule has 0 unspecified atom stereocenters. The van der Waals surface area contributed by atoms with Crippen molar-refractivity contribution in [3.8, 4) is 17.0 Å². The topological polar surface area (TPSA) is 87.3 Å². The van der Waals surface area contributed by atoms with Gasteiger partial charge in [0, 0.05) is 30.7 Å². The van der Waals surface area contributed by atoms with Crippen LogP contribution in [-0.4, -0.2) is 40.5 Å². The van der Waals surface area contributed by atoms with E-state index in [1.807, 2.05) is 0 Å². The van der Waals surface area contributed by atoms with Gasteiger partial charge >= 0.3 is 0 Å². The SMILES string of the molecule is Nc1nnc(-c2cccc(F)c2O)cc1N1C[C@H]2CC[C@@H](C1)N2. The lowest BCUT2D eigenvalue weighted by atomic mass is 10.1. The fourth-order valence-corrected chi connectivity index (χ4v) is 3.49. The van der Waals surface area contributed by atoms with Crippen molar-refractivity contribution in [1.82, 2.24) is 15.5 Å². The van der Waals surface area contributed by atoms with Crippen molar-refractivity contribution in [1.29, 1.82) is 0 Å². The smallest absolute Gasteiger partial charge is 0.169 e. The van der Waals surface area contributed by atoms with Crippen LogP contribution in [0.1, 0.15) is 12.8 Å². The number of fused-ring (bicyclic) bond motifs is 2. The van der Waals surface area contributed by atoms with Gasteiger partial charge in [-0.3, -0.25) is 0 Å². The lowest BCUT2D eigenvalue weighted by Gasteiger charge is -2.34. The summed E-state index contributed by atoms with van der Waals surface area (Å²) >= 11 is 0. The van der Waals surface area contributed by atoms with Gasteiger partial charge in [0.05, 0.1) is 11.4 Å². The van der Waals surface area contributed by atoms with Crippen LogP contribution in [0.3, 0.4) is 0 Å². The molecule has 0 amide bonds. The Morgan fingerprint density at radius 3 is 2.70 bits per heavy atom. The zero-order chi connectivity index (χ0) is 16.0. The van der Waals surface area contributed by atoms with Crippen molar-refractivity contribution in [2.45, 2.75) is 24.9 Å². The second kappa shape index (κ2) is 5.34. The van der Waals surface area contributed by atoms with Gasteiger partial charge < -0.3 is 21.1 Å². The Balaban J connectivity index is 1.72. The first kappa shape index (κ1) is 14.2. The van der Waals surface area contributed by atoms with Gasteiger partial charge in [0.15, 0.2) is 17.4 Å². The average Bonchev–Trinajstić information content (AvgIpc) is 2.89. The molecule has 0 aliphatic carbocycles. The summed E-state index contributed by atoms with van der Waals surface area (Å²) in [4.78, 5) is 2.20. The number of halogens is 1. The molecule has 2 aromatic rings. The van der Waals surface area contributed by atoms with Crippen LogP contribution >= 0.6 is 0 Å². The molecule has 2 fully saturated rings. The van der Waals surface area contributed by atoms with E-state index in [-0.39, 0.29) is 0 Å². The van der Waals surface area contributed by atoms with E-state index < -0.39 is 11.6 Å². The fourth-order valence-electron chi connectivity index (χ4n) is 3.49. The summed E-state index contributed by atoms with van der Waals surface area (Å²) in [5, 5.41) is 21.5. The number of nitrogens with zero attached hydrogens (tertiary/aromatic N) is 3. The zero-order valence-corrected chi connectivity index (χ0v) is 12.5. The normalized spacial score (nSPS) is 23.3. The van der Waals surface area contributed by atoms with Gasteiger partial charge in [-0.15, -0.1) is 10.2 Å². The van der Waals surface area contributed by atoms with Crippen molar-refractivity contribution in [2.24, 2.45) is 0 Å². The Hall–Kier alpha value is -2.41. The average molecular weight is 315 g/mol. The molecular formula is C16H18FN5O. The highest BCUT2D eigenvalue weighted by molar-refractivity contribution is 5.74. The largest absolute Gasteiger partial charge is 0.504 e. The van der Waals surface area contributed by atoms with Crippen LogP contribution in [0.5, 0.6) is 5.75 Å². The Kier molecular flexibility index (Phi) is 3.30. The first-order valence-corrected chi connectivity index (χ1v) is 7.74. The third kappa shape index (κ3) is 2.46. The van der Waals surface area contributed by atoms with Crippen LogP contribution in [0.15, 0.2) is 24.3 Å². The lowest BCUT2D eigenvalue weighted by molar-refractivity contribution is 0.434. The molecule has 1 aromatic carbocycles. The number of para-hydroxylation sites is 1. The summed E-state index contributed by atoms with van der Waals surface area (Å²) in [5.41, 5.74) is 7.52. The van der Waals surface area contributed by atoms with Crippen molar-refractivity contribution >= 4 is 11.5 Å². The predicted molar refractivity (Wildman–Crippen MR) is 85.7 cm³/mol. The van der Waals surface area contributed by atoms with Crippen molar-refractivity contribution in [2.75, 3.05) is 23.7 Å². The molecule has 1 aromatic heterocycles. The second-order valence-electron chi connectivity index (χ2n) is 6.18. The third-order valence-corrected chi connectivity index (χ3v) is 4.62. The number of hydrogen-bond acceptors (Lipinski definition) is 6. The predicted octanol–water partition coefficient (Wildman–Crippen LogP) is 1.51. The van der Waals surface area contributed by atoms with Crippen LogP contribution in [0, 0.1) is 5.82 Å². The molecule has 3 heterocycles. The number of nitrogens with one attached hydrogen (secondary N) is 1. The summed E-state index contributed by atoms with van der Waals surface area (Å²) in [6, 6.07) is 7.07. The van der Waals surface area contributed by atoms with Gasteiger partial charge in [-0.25, -0.2) is 4.39 Å². The highest BCUT2D eigenvalue weighted by Crippen LogP contribution is 2.34. The van der Waals surface area contributed by atoms with Crippen LogP contribution in [0.4, 0.5) is 15.9 Å². The number of benzene rings is 1. The monoisotopic (exact) mass is 315 g/mol. The van der Waals surface area contributed by atoms with Crippen LogP contribution in [-0.2, 0) is 0 Å². The van der Waals surface area contributed by atoms with E-state index in [9.17, 15) is 9.50 Å². The summed E-state index contributed by atoms with van der Waals surface area (Å²) in [5.74, 6) is -0.744. The molecule has 0 radical (unpaired) electrons. The summed E-state index contributed by atoms with van der Waals surface area (Å²) in [7, 11) is 0. The molecule has 2 bridgehead atoms. The molecule has 120 valence electrons. The highest BCUT2D eigenvalue weighted by Gasteiger charge is 2.33. The van der Waals surface area contributed by atoms with E-state index in [4.69, 9.17) is 5.73 Å². The Bertz CT molecular complexity index is 741. The van der Waals surface area contributed by atoms with Crippen LogP contribution in [0.25, 0.3) is 11.3 Å². The molecule has 6 nitrogen and oxygen atoms in total. The zero-order valence-electron chi connectivity index (χ0n) is 12.5. The molecule has 0 spiro atoms. The first-order valence-electron chi connectivity index (χ1n) is 7.74. The number of nitrogens with two attached hydrogens (primary N) is 1. The third-order valence-electron chi connectivity index (χ3n) is 4.62. The maximum Gasteiger partial charge on any atom is 0.169 e. The van der Waals surface area contributed by atoms with Crippen LogP contribution in [0.2, 0.25) is 0 Å². The first-order chi connectivity index (χ1) is 11.1. The van der Waals surface area contributed by atoms with Gasteiger partial charge in [-0.05, 0) is 31.0 Å². The standard InChI is InChI=1S/C16H18FN5O/c17-12-3-1-2-11(15(12)23)13-6-14(16(18)21-20-13)22-7-9-4-5-10(8-22)19-9/h1-3,6,9-10,19,23H,4-5,7-8H2,(H2,18,21)/t9-,10+. The minimum atomic E-state index is -0.678. The summed E-state index contributed by atoms with van der Waals surface area (Å²) < 4.78 is 13.6. The molecule has 2 saturated heterocycles. The molecule has 4 N–H and O–H groups in total. The van der Waals surface area contributed by atoms with Crippen molar-refractivity contribution < 1.29 is 9.50 Å². The van der Waals surface area contributed by atoms with Crippen molar-refractivity contribution in [3.63, 3.8) is 0 Å². The molecule has 4 rings (SSSR count). The number of hydrogen-bond donors (Lipinski definition) is 3. The molecule has 7 heteroatoms. The second-order valence-corrected chi connectivity index (χ2v) is 6.18. The van der Waals surface area contributed by atoms with Gasteiger partial charge in [-0.2, -0.15) is 0 Å². The maximum absolute atomic E-state index is 13.6. The minimum absolute atomic E-state index is 0.317. The fraction of sp³-hybridized carbons (Fsp3) is 0.375. The molecule has 0 saturated carbocycles. The Labute approximate surface area is 133 Å². The Morgan fingerprint density at radius 2 is 1.96 bits per heavy atom. The van der Waals surface area contributed by atoms with Gasteiger partial charge in [0.25, 0.3) is 0 Å². The van der Waals surface area contributed by atoms with Gasteiger partial charge in [0.2, 0.25) is 0 Å². The molecular weight excluding hydrogens is 297 g/mol. The number of aromatic hydroxyl groups is 1. The highest BCUT2D eigenvalue weighted by atomic mass is 19.1. The molecule has 2 aliphatic heterocycles. The number of phenols is 1. The molecule has 2 atom stereocenters. The van der Waals surface area contributed by atoms with E-state index in [0.29, 0.717) is 29.2 Å². The number of nitrogen functional groups attached to an aromatic ring is 1. The minimum Gasteiger partial charge on any atom is -0.504 e. The van der Waals surface area contributed by atoms with Crippen LogP contribution < -0.4 is 16.0 Å². The Morgan fingerprint density at radius 1 is 1.22 bits per heavy atom. The van der Waals surface area contributed by atoms with Gasteiger partial charge in [-0.1, -0.05) is 6.07 Å². The van der Waals surface area contributed by atoms with E-state index in [2.05, 4.69) is 20.4 Å². The maximum atomic E-state index is 13.6. The number of phenolic OH excluding ortho intramolecular Hbond substituents is 1. The number of rotatable bonds is 2. The summed E-state index contributed by atoms with van der Waals surface area (Å²) in [6.45, 7) is 1.72. The van der Waals surface area contributed by atoms with Crippen molar-refractivity contribution in [3.05, 3.63) is 30.1 Å². The number of anilines is 2. The van der Waals surface area contributed by atoms with E-state index >= 15 is 0 Å². The summed E-state index contributed by atoms with van der Waals surface area (Å²) in [6.07, 6.45) is 2.33. The quantitative estimate of drug-likeness (QED) is 0.779. The lowest BCUT2D eigenvalue weighted by Crippen LogP contribution is -2.51. The molecule has 23 heavy (non-hydrogen) atoms. The number of piperazine rings is 1. The van der Waals surface area contributed by atoms with E-state index in [1.54, 1.807) is 12.1 Å². The number of aromatic nitrogens is 2. The van der Waals surface area contributed by atoms with Gasteiger partial charge in [0.1, 0.15) is 0 Å². The molecule has 2 aliphatic rings. The van der Waals surface area contributed by atoms with E-state index in [1.165, 1.54) is 12.1 Å².